The van der Waals surface area contributed by atoms with Crippen molar-refractivity contribution in [1.82, 2.24) is 9.62 Å². The molecule has 0 spiro atoms. The smallest absolute Gasteiger partial charge is 0.243 e. The van der Waals surface area contributed by atoms with Crippen molar-refractivity contribution in [2.45, 2.75) is 37.3 Å². The second-order valence-electron chi connectivity index (χ2n) is 5.69. The Kier molecular flexibility index (Phi) is 3.90. The summed E-state index contributed by atoms with van der Waals surface area (Å²) in [4.78, 5) is 0.262. The largest absolute Gasteiger partial charge is 0.489 e. The Labute approximate surface area is 130 Å². The Balaban J connectivity index is 2.00. The van der Waals surface area contributed by atoms with Gasteiger partial charge in [-0.1, -0.05) is 11.6 Å². The molecule has 0 aromatic heterocycles. The topological polar surface area (TPSA) is 58.6 Å². The Morgan fingerprint density at radius 3 is 2.86 bits per heavy atom. The monoisotopic (exact) mass is 330 g/mol. The number of sulfonamides is 1. The van der Waals surface area contributed by atoms with Gasteiger partial charge in [0.05, 0.1) is 9.92 Å². The van der Waals surface area contributed by atoms with Crippen LogP contribution in [0.5, 0.6) is 5.75 Å². The third-order valence-electron chi connectivity index (χ3n) is 3.97. The molecule has 3 rings (SSSR count). The zero-order valence-electron chi connectivity index (χ0n) is 12.1. The number of nitrogens with zero attached hydrogens (tertiary/aromatic N) is 1. The third kappa shape index (κ3) is 2.65. The summed E-state index contributed by atoms with van der Waals surface area (Å²) in [6.07, 6.45) is 0.726. The first-order valence-corrected chi connectivity index (χ1v) is 8.93. The van der Waals surface area contributed by atoms with Gasteiger partial charge in [-0.15, -0.1) is 0 Å². The zero-order valence-corrected chi connectivity index (χ0v) is 13.7. The van der Waals surface area contributed by atoms with Crippen LogP contribution in [0.4, 0.5) is 0 Å². The van der Waals surface area contributed by atoms with E-state index < -0.39 is 10.0 Å². The highest BCUT2D eigenvalue weighted by molar-refractivity contribution is 7.89. The highest BCUT2D eigenvalue weighted by atomic mass is 35.5. The summed E-state index contributed by atoms with van der Waals surface area (Å²) in [6.45, 7) is 5.66. The van der Waals surface area contributed by atoms with Crippen molar-refractivity contribution in [2.24, 2.45) is 0 Å². The van der Waals surface area contributed by atoms with E-state index in [1.165, 1.54) is 6.07 Å². The molecule has 0 bridgehead atoms. The molecule has 2 aliphatic heterocycles. The summed E-state index contributed by atoms with van der Waals surface area (Å²) in [5, 5.41) is 3.57. The number of ether oxygens (including phenoxy) is 1. The summed E-state index contributed by atoms with van der Waals surface area (Å²) >= 11 is 6.20. The van der Waals surface area contributed by atoms with Gasteiger partial charge in [0, 0.05) is 37.7 Å². The first-order chi connectivity index (χ1) is 9.89. The molecular formula is C14H19ClN2O3S. The molecule has 1 N–H and O–H groups in total. The molecule has 2 unspecified atom stereocenters. The summed E-state index contributed by atoms with van der Waals surface area (Å²) in [5.74, 6) is 0.622. The predicted octanol–water partition coefficient (Wildman–Crippen LogP) is 1.65. The van der Waals surface area contributed by atoms with Gasteiger partial charge in [0.15, 0.2) is 0 Å². The van der Waals surface area contributed by atoms with Crippen LogP contribution in [0, 0.1) is 0 Å². The third-order valence-corrected chi connectivity index (χ3v) is 6.24. The molecule has 0 radical (unpaired) electrons. The van der Waals surface area contributed by atoms with E-state index >= 15 is 0 Å². The summed E-state index contributed by atoms with van der Waals surface area (Å²) in [6, 6.07) is 3.14. The van der Waals surface area contributed by atoms with Gasteiger partial charge in [-0.2, -0.15) is 4.31 Å². The van der Waals surface area contributed by atoms with Crippen LogP contribution >= 0.6 is 11.6 Å². The van der Waals surface area contributed by atoms with Crippen LogP contribution in [0.2, 0.25) is 5.02 Å². The van der Waals surface area contributed by atoms with Gasteiger partial charge >= 0.3 is 0 Å². The molecular weight excluding hydrogens is 312 g/mol. The lowest BCUT2D eigenvalue weighted by atomic mass is 10.1. The quantitative estimate of drug-likeness (QED) is 0.895. The van der Waals surface area contributed by atoms with Crippen molar-refractivity contribution in [3.05, 3.63) is 22.7 Å². The second kappa shape index (κ2) is 5.43. The van der Waals surface area contributed by atoms with Gasteiger partial charge in [0.25, 0.3) is 0 Å². The first kappa shape index (κ1) is 15.1. The fourth-order valence-electron chi connectivity index (χ4n) is 2.92. The number of hydrogen-bond donors (Lipinski definition) is 1. The van der Waals surface area contributed by atoms with E-state index in [0.29, 0.717) is 36.8 Å². The second-order valence-corrected chi connectivity index (χ2v) is 7.99. The molecule has 0 amide bonds. The Hall–Kier alpha value is -0.820. The molecule has 1 fully saturated rings. The molecule has 0 aliphatic carbocycles. The number of rotatable bonds is 2. The number of benzene rings is 1. The summed E-state index contributed by atoms with van der Waals surface area (Å²) in [7, 11) is -3.52. The van der Waals surface area contributed by atoms with Crippen LogP contribution in [0.15, 0.2) is 17.0 Å². The predicted molar refractivity (Wildman–Crippen MR) is 81.5 cm³/mol. The highest BCUT2D eigenvalue weighted by Crippen LogP contribution is 2.38. The fourth-order valence-corrected chi connectivity index (χ4v) is 4.98. The zero-order chi connectivity index (χ0) is 15.2. The van der Waals surface area contributed by atoms with Crippen LogP contribution in [0.25, 0.3) is 0 Å². The van der Waals surface area contributed by atoms with Crippen LogP contribution in [0.1, 0.15) is 19.4 Å². The molecule has 5 nitrogen and oxygen atoms in total. The van der Waals surface area contributed by atoms with Gasteiger partial charge in [0.1, 0.15) is 11.9 Å². The summed E-state index contributed by atoms with van der Waals surface area (Å²) < 4.78 is 32.8. The Morgan fingerprint density at radius 2 is 2.14 bits per heavy atom. The number of nitrogens with one attached hydrogen (secondary N) is 1. The molecule has 2 heterocycles. The number of halogens is 1. The lowest BCUT2D eigenvalue weighted by molar-refractivity contribution is 0.255. The SMILES string of the molecule is CC1Cc2cc(S(=O)(=O)N3CCNCC3C)cc(Cl)c2O1. The minimum Gasteiger partial charge on any atom is -0.489 e. The van der Waals surface area contributed by atoms with Gasteiger partial charge in [0.2, 0.25) is 10.0 Å². The molecule has 1 aromatic carbocycles. The van der Waals surface area contributed by atoms with Crippen LogP contribution in [-0.4, -0.2) is 44.5 Å². The van der Waals surface area contributed by atoms with E-state index in [2.05, 4.69) is 5.32 Å². The van der Waals surface area contributed by atoms with Crippen LogP contribution < -0.4 is 10.1 Å². The maximum absolute atomic E-state index is 12.8. The van der Waals surface area contributed by atoms with E-state index in [0.717, 1.165) is 5.56 Å². The molecule has 116 valence electrons. The van der Waals surface area contributed by atoms with E-state index in [1.807, 2.05) is 13.8 Å². The fraction of sp³-hybridized carbons (Fsp3) is 0.571. The Bertz CT molecular complexity index is 662. The van der Waals surface area contributed by atoms with Crippen LogP contribution in [0.3, 0.4) is 0 Å². The molecule has 2 atom stereocenters. The van der Waals surface area contributed by atoms with Crippen molar-refractivity contribution < 1.29 is 13.2 Å². The molecule has 2 aliphatic rings. The number of fused-ring (bicyclic) bond motifs is 1. The van der Waals surface area contributed by atoms with Crippen molar-refractivity contribution in [2.75, 3.05) is 19.6 Å². The highest BCUT2D eigenvalue weighted by Gasteiger charge is 2.33. The number of hydrogen-bond acceptors (Lipinski definition) is 4. The van der Waals surface area contributed by atoms with E-state index in [1.54, 1.807) is 10.4 Å². The van der Waals surface area contributed by atoms with E-state index in [4.69, 9.17) is 16.3 Å². The lowest BCUT2D eigenvalue weighted by Crippen LogP contribution is -2.52. The number of piperazine rings is 1. The minimum absolute atomic E-state index is 0.0357. The van der Waals surface area contributed by atoms with Gasteiger partial charge in [-0.3, -0.25) is 0 Å². The van der Waals surface area contributed by atoms with Gasteiger partial charge in [-0.05, 0) is 26.0 Å². The van der Waals surface area contributed by atoms with E-state index in [9.17, 15) is 8.42 Å². The maximum atomic E-state index is 12.8. The standard InChI is InChI=1S/C14H19ClN2O3S/c1-9-8-16-3-4-17(9)21(18,19)12-6-11-5-10(2)20-14(11)13(15)7-12/h6-7,9-10,16H,3-5,8H2,1-2H3. The molecule has 1 aromatic rings. The van der Waals surface area contributed by atoms with Gasteiger partial charge in [-0.25, -0.2) is 8.42 Å². The normalized spacial score (nSPS) is 26.4. The van der Waals surface area contributed by atoms with Crippen molar-refractivity contribution >= 4 is 21.6 Å². The minimum atomic E-state index is -3.52. The van der Waals surface area contributed by atoms with E-state index in [-0.39, 0.29) is 17.0 Å². The summed E-state index contributed by atoms with van der Waals surface area (Å²) in [5.41, 5.74) is 0.872. The first-order valence-electron chi connectivity index (χ1n) is 7.11. The molecule has 21 heavy (non-hydrogen) atoms. The lowest BCUT2D eigenvalue weighted by Gasteiger charge is -2.33. The molecule has 0 saturated carbocycles. The van der Waals surface area contributed by atoms with Crippen LogP contribution in [-0.2, 0) is 16.4 Å². The Morgan fingerprint density at radius 1 is 1.38 bits per heavy atom. The average molecular weight is 331 g/mol. The molecule has 1 saturated heterocycles. The van der Waals surface area contributed by atoms with Crippen molar-refractivity contribution in [1.29, 1.82) is 0 Å². The van der Waals surface area contributed by atoms with Crippen molar-refractivity contribution in [3.63, 3.8) is 0 Å². The maximum Gasteiger partial charge on any atom is 0.243 e. The van der Waals surface area contributed by atoms with Gasteiger partial charge < -0.3 is 10.1 Å². The average Bonchev–Trinajstić information content (AvgIpc) is 2.80. The molecule has 7 heteroatoms. The van der Waals surface area contributed by atoms with Crippen molar-refractivity contribution in [3.8, 4) is 5.75 Å².